The van der Waals surface area contributed by atoms with Crippen LogP contribution in [0.25, 0.3) is 0 Å². The zero-order valence-corrected chi connectivity index (χ0v) is 13.6. The van der Waals surface area contributed by atoms with Crippen LogP contribution in [0.3, 0.4) is 0 Å². The predicted octanol–water partition coefficient (Wildman–Crippen LogP) is 3.05. The Morgan fingerprint density at radius 3 is 2.30 bits per heavy atom. The second-order valence-corrected chi connectivity index (χ2v) is 6.75. The standard InChI is InChI=1S/C17H30N3/c1-6-16-15(19)9-13-7-8-14(18)10-17(13)20(16,11(2)3)12(4)5/h7-8,10-12,15-16H,6,9,18-19H2,1-5H3/q+1. The van der Waals surface area contributed by atoms with E-state index in [-0.39, 0.29) is 6.04 Å². The Morgan fingerprint density at radius 2 is 1.80 bits per heavy atom. The van der Waals surface area contributed by atoms with Gasteiger partial charge >= 0.3 is 0 Å². The summed E-state index contributed by atoms with van der Waals surface area (Å²) in [5.41, 5.74) is 16.3. The summed E-state index contributed by atoms with van der Waals surface area (Å²) < 4.78 is 0.956. The quantitative estimate of drug-likeness (QED) is 0.658. The van der Waals surface area contributed by atoms with Crippen LogP contribution in [0.15, 0.2) is 18.2 Å². The minimum absolute atomic E-state index is 0.223. The fourth-order valence-electron chi connectivity index (χ4n) is 4.52. The van der Waals surface area contributed by atoms with E-state index in [1.54, 1.807) is 0 Å². The molecule has 0 fully saturated rings. The van der Waals surface area contributed by atoms with Crippen molar-refractivity contribution < 1.29 is 0 Å². The normalized spacial score (nSPS) is 25.0. The lowest BCUT2D eigenvalue weighted by atomic mass is 9.84. The first-order valence-corrected chi connectivity index (χ1v) is 7.88. The molecular formula is C17H30N3+. The number of hydrogen-bond donors (Lipinski definition) is 2. The smallest absolute Gasteiger partial charge is 0.138 e. The van der Waals surface area contributed by atoms with Gasteiger partial charge in [0.2, 0.25) is 0 Å². The molecule has 2 rings (SSSR count). The number of rotatable bonds is 3. The fraction of sp³-hybridized carbons (Fsp3) is 0.647. The third kappa shape index (κ3) is 2.04. The summed E-state index contributed by atoms with van der Waals surface area (Å²) in [7, 11) is 0. The summed E-state index contributed by atoms with van der Waals surface area (Å²) in [6, 6.07) is 8.04. The first kappa shape index (κ1) is 15.3. The molecule has 3 heteroatoms. The van der Waals surface area contributed by atoms with Crippen molar-refractivity contribution in [2.45, 2.75) is 71.6 Å². The molecule has 1 aliphatic rings. The van der Waals surface area contributed by atoms with Gasteiger partial charge in [-0.05, 0) is 46.6 Å². The highest BCUT2D eigenvalue weighted by molar-refractivity contribution is 5.62. The Kier molecular flexibility index (Phi) is 4.12. The number of fused-ring (bicyclic) bond motifs is 1. The van der Waals surface area contributed by atoms with Crippen LogP contribution in [0.1, 0.15) is 46.6 Å². The van der Waals surface area contributed by atoms with Gasteiger partial charge in [0.25, 0.3) is 0 Å². The molecule has 0 saturated heterocycles. The lowest BCUT2D eigenvalue weighted by Crippen LogP contribution is -2.71. The van der Waals surface area contributed by atoms with E-state index in [0.29, 0.717) is 18.1 Å². The Hall–Kier alpha value is -1.06. The van der Waals surface area contributed by atoms with E-state index in [1.165, 1.54) is 11.3 Å². The summed E-state index contributed by atoms with van der Waals surface area (Å²) in [5, 5.41) is 0. The van der Waals surface area contributed by atoms with Crippen LogP contribution < -0.4 is 16.0 Å². The third-order valence-corrected chi connectivity index (χ3v) is 5.15. The fourth-order valence-corrected chi connectivity index (χ4v) is 4.52. The monoisotopic (exact) mass is 276 g/mol. The highest BCUT2D eigenvalue weighted by Gasteiger charge is 2.50. The molecule has 0 aromatic heterocycles. The highest BCUT2D eigenvalue weighted by atomic mass is 15.4. The van der Waals surface area contributed by atoms with Crippen molar-refractivity contribution in [1.82, 2.24) is 4.48 Å². The minimum atomic E-state index is 0.223. The van der Waals surface area contributed by atoms with Crippen LogP contribution in [0.5, 0.6) is 0 Å². The van der Waals surface area contributed by atoms with Gasteiger partial charge in [-0.25, -0.2) is 0 Å². The number of anilines is 1. The van der Waals surface area contributed by atoms with E-state index in [1.807, 2.05) is 6.07 Å². The number of hydrogen-bond acceptors (Lipinski definition) is 2. The second-order valence-electron chi connectivity index (χ2n) is 6.75. The Bertz CT molecular complexity index is 471. The molecule has 0 bridgehead atoms. The molecule has 112 valence electrons. The highest BCUT2D eigenvalue weighted by Crippen LogP contribution is 2.43. The molecular weight excluding hydrogens is 246 g/mol. The van der Waals surface area contributed by atoms with Crippen LogP contribution in [0.4, 0.5) is 11.4 Å². The lowest BCUT2D eigenvalue weighted by Gasteiger charge is -2.55. The number of quaternary nitrogens is 1. The summed E-state index contributed by atoms with van der Waals surface area (Å²) in [6.45, 7) is 11.5. The van der Waals surface area contributed by atoms with Crippen LogP contribution in [-0.4, -0.2) is 24.2 Å². The molecule has 0 saturated carbocycles. The van der Waals surface area contributed by atoms with Crippen molar-refractivity contribution in [1.29, 1.82) is 0 Å². The number of benzene rings is 1. The van der Waals surface area contributed by atoms with Gasteiger partial charge in [-0.1, -0.05) is 13.0 Å². The van der Waals surface area contributed by atoms with Gasteiger partial charge in [0.15, 0.2) is 0 Å². The van der Waals surface area contributed by atoms with Gasteiger partial charge in [0, 0.05) is 17.3 Å². The van der Waals surface area contributed by atoms with Crippen molar-refractivity contribution >= 4 is 11.4 Å². The summed E-state index contributed by atoms with van der Waals surface area (Å²) in [5.74, 6) is 0. The van der Waals surface area contributed by atoms with Crippen molar-refractivity contribution in [3.8, 4) is 0 Å². The Balaban J connectivity index is 2.74. The molecule has 3 nitrogen and oxygen atoms in total. The van der Waals surface area contributed by atoms with Crippen LogP contribution >= 0.6 is 0 Å². The van der Waals surface area contributed by atoms with Crippen LogP contribution in [0, 0.1) is 0 Å². The molecule has 1 heterocycles. The Labute approximate surface area is 123 Å². The maximum atomic E-state index is 6.55. The summed E-state index contributed by atoms with van der Waals surface area (Å²) in [4.78, 5) is 0. The Morgan fingerprint density at radius 1 is 1.20 bits per heavy atom. The molecule has 20 heavy (non-hydrogen) atoms. The van der Waals surface area contributed by atoms with Gasteiger partial charge in [-0.3, -0.25) is 4.48 Å². The first-order chi connectivity index (χ1) is 9.35. The molecule has 0 aliphatic carbocycles. The predicted molar refractivity (Wildman–Crippen MR) is 88.7 cm³/mol. The zero-order valence-electron chi connectivity index (χ0n) is 13.6. The van der Waals surface area contributed by atoms with Gasteiger partial charge in [0.05, 0.1) is 18.1 Å². The third-order valence-electron chi connectivity index (χ3n) is 5.15. The molecule has 0 amide bonds. The lowest BCUT2D eigenvalue weighted by molar-refractivity contribution is 0.0856. The molecule has 0 spiro atoms. The van der Waals surface area contributed by atoms with Gasteiger partial charge in [-0.15, -0.1) is 0 Å². The molecule has 1 aromatic rings. The van der Waals surface area contributed by atoms with E-state index < -0.39 is 0 Å². The molecule has 4 N–H and O–H groups in total. The van der Waals surface area contributed by atoms with Crippen molar-refractivity contribution in [2.24, 2.45) is 5.73 Å². The maximum absolute atomic E-state index is 6.55. The molecule has 2 atom stereocenters. The van der Waals surface area contributed by atoms with Crippen molar-refractivity contribution in [3.05, 3.63) is 23.8 Å². The molecule has 1 aromatic carbocycles. The summed E-state index contributed by atoms with van der Waals surface area (Å²) >= 11 is 0. The SMILES string of the molecule is CCC1C(N)Cc2ccc(N)cc2[N+]1(C(C)C)C(C)C. The van der Waals surface area contributed by atoms with Gasteiger partial charge in [-0.2, -0.15) is 0 Å². The maximum Gasteiger partial charge on any atom is 0.138 e. The van der Waals surface area contributed by atoms with Crippen molar-refractivity contribution in [3.63, 3.8) is 0 Å². The van der Waals surface area contributed by atoms with E-state index in [4.69, 9.17) is 11.5 Å². The summed E-state index contributed by atoms with van der Waals surface area (Å²) in [6.07, 6.45) is 2.07. The second kappa shape index (κ2) is 5.38. The van der Waals surface area contributed by atoms with Gasteiger partial charge < -0.3 is 11.5 Å². The van der Waals surface area contributed by atoms with E-state index in [0.717, 1.165) is 23.0 Å². The van der Waals surface area contributed by atoms with E-state index >= 15 is 0 Å². The largest absolute Gasteiger partial charge is 0.399 e. The number of nitrogens with two attached hydrogens (primary N) is 2. The number of nitrogens with zero attached hydrogens (tertiary/aromatic N) is 1. The van der Waals surface area contributed by atoms with E-state index in [2.05, 4.69) is 46.8 Å². The average Bonchev–Trinajstić information content (AvgIpc) is 2.36. The van der Waals surface area contributed by atoms with Crippen LogP contribution in [-0.2, 0) is 6.42 Å². The minimum Gasteiger partial charge on any atom is -0.399 e. The first-order valence-electron chi connectivity index (χ1n) is 7.88. The average molecular weight is 276 g/mol. The molecule has 0 radical (unpaired) electrons. The van der Waals surface area contributed by atoms with Crippen molar-refractivity contribution in [2.75, 3.05) is 5.73 Å². The van der Waals surface area contributed by atoms with Gasteiger partial charge in [0.1, 0.15) is 11.7 Å². The molecule has 2 unspecified atom stereocenters. The molecule has 1 aliphatic heterocycles. The van der Waals surface area contributed by atoms with E-state index in [9.17, 15) is 0 Å². The van der Waals surface area contributed by atoms with Crippen LogP contribution in [0.2, 0.25) is 0 Å². The zero-order chi connectivity index (χ0) is 15.1. The topological polar surface area (TPSA) is 52.0 Å². The number of nitrogen functional groups attached to an aromatic ring is 1.